The third-order valence-electron chi connectivity index (χ3n) is 3.02. The summed E-state index contributed by atoms with van der Waals surface area (Å²) in [5, 5.41) is 0. The fourth-order valence-corrected chi connectivity index (χ4v) is 2.85. The molecule has 0 N–H and O–H groups in total. The summed E-state index contributed by atoms with van der Waals surface area (Å²) in [6, 6.07) is 1.46. The Kier molecular flexibility index (Phi) is 4.90. The average Bonchev–Trinajstić information content (AvgIpc) is 2.37. The molecular weight excluding hydrogens is 388 g/mol. The summed E-state index contributed by atoms with van der Waals surface area (Å²) < 4.78 is 19.2. The van der Waals surface area contributed by atoms with Crippen LogP contribution in [0.5, 0.6) is 0 Å². The normalized spacial score (nSPS) is 16.0. The van der Waals surface area contributed by atoms with Crippen LogP contribution in [0, 0.1) is 9.39 Å². The van der Waals surface area contributed by atoms with Gasteiger partial charge >= 0.3 is 6.09 Å². The van der Waals surface area contributed by atoms with Gasteiger partial charge in [0.2, 0.25) is 0 Å². The Bertz CT molecular complexity index is 525. The van der Waals surface area contributed by atoms with E-state index in [4.69, 9.17) is 4.74 Å². The van der Waals surface area contributed by atoms with Gasteiger partial charge in [0.05, 0.1) is 9.77 Å². The van der Waals surface area contributed by atoms with Gasteiger partial charge in [0, 0.05) is 26.2 Å². The molecule has 0 saturated carbocycles. The first-order valence-corrected chi connectivity index (χ1v) is 7.88. The lowest BCUT2D eigenvalue weighted by Gasteiger charge is -2.36. The van der Waals surface area contributed by atoms with Crippen LogP contribution in [-0.4, -0.2) is 47.8 Å². The third kappa shape index (κ3) is 4.42. The van der Waals surface area contributed by atoms with Crippen LogP contribution in [0.1, 0.15) is 20.8 Å². The molecule has 0 unspecified atom stereocenters. The second-order valence-corrected chi connectivity index (χ2v) is 7.08. The fraction of sp³-hybridized carbons (Fsp3) is 0.571. The van der Waals surface area contributed by atoms with E-state index in [0.29, 0.717) is 26.2 Å². The van der Waals surface area contributed by atoms with Crippen molar-refractivity contribution in [2.45, 2.75) is 26.4 Å². The minimum atomic E-state index is -0.484. The molecule has 1 fully saturated rings. The minimum absolute atomic E-state index is 0.288. The Morgan fingerprint density at radius 2 is 1.95 bits per heavy atom. The van der Waals surface area contributed by atoms with Crippen molar-refractivity contribution in [3.63, 3.8) is 0 Å². The SMILES string of the molecule is CC(C)(C)OC(=O)N1CCN(c2ncc(F)cc2I)CC1. The van der Waals surface area contributed by atoms with Crippen molar-refractivity contribution >= 4 is 34.5 Å². The predicted octanol–water partition coefficient (Wildman–Crippen LogP) is 2.88. The van der Waals surface area contributed by atoms with Gasteiger partial charge in [-0.3, -0.25) is 0 Å². The van der Waals surface area contributed by atoms with E-state index >= 15 is 0 Å². The minimum Gasteiger partial charge on any atom is -0.444 e. The van der Waals surface area contributed by atoms with Crippen LogP contribution in [0.4, 0.5) is 15.0 Å². The molecule has 1 saturated heterocycles. The van der Waals surface area contributed by atoms with Gasteiger partial charge in [0.25, 0.3) is 0 Å². The molecule has 1 aromatic rings. The van der Waals surface area contributed by atoms with Gasteiger partial charge in [-0.1, -0.05) is 0 Å². The van der Waals surface area contributed by atoms with E-state index < -0.39 is 5.60 Å². The first-order chi connectivity index (χ1) is 9.76. The lowest BCUT2D eigenvalue weighted by atomic mass is 10.2. The molecule has 0 radical (unpaired) electrons. The maximum absolute atomic E-state index is 13.1. The number of rotatable bonds is 1. The maximum Gasteiger partial charge on any atom is 0.410 e. The van der Waals surface area contributed by atoms with Gasteiger partial charge in [-0.05, 0) is 49.4 Å². The monoisotopic (exact) mass is 407 g/mol. The van der Waals surface area contributed by atoms with Crippen molar-refractivity contribution in [3.05, 3.63) is 21.7 Å². The van der Waals surface area contributed by atoms with Crippen LogP contribution in [0.2, 0.25) is 0 Å². The molecular formula is C14H19FIN3O2. The zero-order chi connectivity index (χ0) is 15.6. The summed E-state index contributed by atoms with van der Waals surface area (Å²) in [5.41, 5.74) is -0.484. The highest BCUT2D eigenvalue weighted by Gasteiger charge is 2.26. The highest BCUT2D eigenvalue weighted by Crippen LogP contribution is 2.22. The lowest BCUT2D eigenvalue weighted by molar-refractivity contribution is 0.0240. The summed E-state index contributed by atoms with van der Waals surface area (Å²) in [7, 11) is 0. The number of anilines is 1. The molecule has 0 bridgehead atoms. The van der Waals surface area contributed by atoms with E-state index in [1.165, 1.54) is 12.3 Å². The quantitative estimate of drug-likeness (QED) is 0.672. The van der Waals surface area contributed by atoms with E-state index in [9.17, 15) is 9.18 Å². The number of hydrogen-bond donors (Lipinski definition) is 0. The number of carbonyl (C=O) groups excluding carboxylic acids is 1. The van der Waals surface area contributed by atoms with Crippen molar-refractivity contribution in [3.8, 4) is 0 Å². The van der Waals surface area contributed by atoms with E-state index in [0.717, 1.165) is 9.39 Å². The van der Waals surface area contributed by atoms with Gasteiger partial charge in [0.1, 0.15) is 17.2 Å². The Morgan fingerprint density at radius 3 is 2.48 bits per heavy atom. The van der Waals surface area contributed by atoms with Crippen LogP contribution < -0.4 is 4.90 Å². The van der Waals surface area contributed by atoms with Gasteiger partial charge in [-0.2, -0.15) is 0 Å². The molecule has 1 aromatic heterocycles. The molecule has 1 aliphatic heterocycles. The Labute approximate surface area is 137 Å². The first kappa shape index (κ1) is 16.3. The van der Waals surface area contributed by atoms with Crippen LogP contribution in [0.25, 0.3) is 0 Å². The van der Waals surface area contributed by atoms with Crippen LogP contribution in [0.3, 0.4) is 0 Å². The van der Waals surface area contributed by atoms with Crippen molar-refractivity contribution in [1.82, 2.24) is 9.88 Å². The standard InChI is InChI=1S/C14H19FIN3O2/c1-14(2,3)21-13(20)19-6-4-18(5-7-19)12-11(16)8-10(15)9-17-12/h8-9H,4-7H2,1-3H3. The maximum atomic E-state index is 13.1. The number of pyridine rings is 1. The molecule has 2 rings (SSSR count). The second-order valence-electron chi connectivity index (χ2n) is 5.91. The predicted molar refractivity (Wildman–Crippen MR) is 86.9 cm³/mol. The molecule has 1 amide bonds. The summed E-state index contributed by atoms with van der Waals surface area (Å²) in [6.45, 7) is 8.03. The molecule has 21 heavy (non-hydrogen) atoms. The number of piperazine rings is 1. The van der Waals surface area contributed by atoms with Gasteiger partial charge in [-0.25, -0.2) is 14.2 Å². The van der Waals surface area contributed by atoms with Crippen LogP contribution in [-0.2, 0) is 4.74 Å². The molecule has 116 valence electrons. The van der Waals surface area contributed by atoms with Crippen LogP contribution >= 0.6 is 22.6 Å². The fourth-order valence-electron chi connectivity index (χ4n) is 2.07. The first-order valence-electron chi connectivity index (χ1n) is 6.80. The second kappa shape index (κ2) is 6.33. The highest BCUT2D eigenvalue weighted by atomic mass is 127. The smallest absolute Gasteiger partial charge is 0.410 e. The molecule has 0 aromatic carbocycles. The molecule has 0 spiro atoms. The summed E-state index contributed by atoms with van der Waals surface area (Å²) in [5.74, 6) is 0.427. The average molecular weight is 407 g/mol. The number of nitrogens with zero attached hydrogens (tertiary/aromatic N) is 3. The lowest BCUT2D eigenvalue weighted by Crippen LogP contribution is -2.50. The van der Waals surface area contributed by atoms with Gasteiger partial charge in [0.15, 0.2) is 0 Å². The van der Waals surface area contributed by atoms with E-state index in [1.54, 1.807) is 4.90 Å². The Hall–Kier alpha value is -1.12. The summed E-state index contributed by atoms with van der Waals surface area (Å²) in [4.78, 5) is 19.9. The number of amides is 1. The Morgan fingerprint density at radius 1 is 1.33 bits per heavy atom. The van der Waals surface area contributed by atoms with E-state index in [1.807, 2.05) is 20.8 Å². The topological polar surface area (TPSA) is 45.7 Å². The van der Waals surface area contributed by atoms with Crippen molar-refractivity contribution < 1.29 is 13.9 Å². The molecule has 2 heterocycles. The van der Waals surface area contributed by atoms with E-state index in [-0.39, 0.29) is 11.9 Å². The number of aromatic nitrogens is 1. The Balaban J connectivity index is 1.95. The summed E-state index contributed by atoms with van der Waals surface area (Å²) in [6.07, 6.45) is 0.932. The molecule has 7 heteroatoms. The van der Waals surface area contributed by atoms with Gasteiger partial charge < -0.3 is 14.5 Å². The van der Waals surface area contributed by atoms with Gasteiger partial charge in [-0.15, -0.1) is 0 Å². The molecule has 1 aliphatic rings. The summed E-state index contributed by atoms with van der Waals surface area (Å²) >= 11 is 2.08. The number of halogens is 2. The van der Waals surface area contributed by atoms with Crippen LogP contribution in [0.15, 0.2) is 12.3 Å². The molecule has 0 aliphatic carbocycles. The zero-order valence-corrected chi connectivity index (χ0v) is 14.6. The number of carbonyl (C=O) groups is 1. The molecule has 5 nitrogen and oxygen atoms in total. The number of hydrogen-bond acceptors (Lipinski definition) is 4. The van der Waals surface area contributed by atoms with Crippen molar-refractivity contribution in [2.24, 2.45) is 0 Å². The largest absolute Gasteiger partial charge is 0.444 e. The van der Waals surface area contributed by atoms with Crippen molar-refractivity contribution in [1.29, 1.82) is 0 Å². The van der Waals surface area contributed by atoms with E-state index in [2.05, 4.69) is 32.5 Å². The zero-order valence-electron chi connectivity index (χ0n) is 12.4. The third-order valence-corrected chi connectivity index (χ3v) is 3.81. The highest BCUT2D eigenvalue weighted by molar-refractivity contribution is 14.1. The molecule has 0 atom stereocenters. The van der Waals surface area contributed by atoms with Crippen molar-refractivity contribution in [2.75, 3.05) is 31.1 Å². The number of ether oxygens (including phenoxy) is 1.